The van der Waals surface area contributed by atoms with Crippen LogP contribution in [-0.2, 0) is 6.42 Å². The molecule has 1 nitrogen and oxygen atoms in total. The summed E-state index contributed by atoms with van der Waals surface area (Å²) >= 11 is 3.45. The molecule has 0 aliphatic heterocycles. The smallest absolute Gasteiger partial charge is 0.119 e. The fourth-order valence-electron chi connectivity index (χ4n) is 1.74. The minimum absolute atomic E-state index is 0.848. The molecule has 0 aliphatic rings. The van der Waals surface area contributed by atoms with Crippen LogP contribution in [0.4, 0.5) is 0 Å². The highest BCUT2D eigenvalue weighted by Gasteiger charge is 1.96. The highest BCUT2D eigenvalue weighted by atomic mass is 79.9. The molecule has 1 aromatic carbocycles. The Labute approximate surface area is 114 Å². The average Bonchev–Trinajstić information content (AvgIpc) is 2.37. The van der Waals surface area contributed by atoms with Gasteiger partial charge in [-0.05, 0) is 37.0 Å². The predicted octanol–water partition coefficient (Wildman–Crippen LogP) is 4.97. The Bertz CT molecular complexity index is 281. The molecule has 0 spiro atoms. The van der Waals surface area contributed by atoms with Gasteiger partial charge in [0, 0.05) is 5.33 Å². The lowest BCUT2D eigenvalue weighted by atomic mass is 10.1. The fraction of sp³-hybridized carbons (Fsp3) is 0.600. The van der Waals surface area contributed by atoms with Crippen LogP contribution in [0.3, 0.4) is 0 Å². The van der Waals surface area contributed by atoms with Crippen molar-refractivity contribution in [2.24, 2.45) is 0 Å². The van der Waals surface area contributed by atoms with Crippen LogP contribution < -0.4 is 4.74 Å². The van der Waals surface area contributed by atoms with Crippen LogP contribution in [0.15, 0.2) is 24.3 Å². The van der Waals surface area contributed by atoms with Crippen LogP contribution in [0.25, 0.3) is 0 Å². The van der Waals surface area contributed by atoms with Crippen molar-refractivity contribution in [3.8, 4) is 5.75 Å². The second-order valence-corrected chi connectivity index (χ2v) is 5.14. The zero-order chi connectivity index (χ0) is 12.3. The summed E-state index contributed by atoms with van der Waals surface area (Å²) in [6, 6.07) is 8.51. The molecule has 0 N–H and O–H groups in total. The predicted molar refractivity (Wildman–Crippen MR) is 78.2 cm³/mol. The van der Waals surface area contributed by atoms with Crippen LogP contribution in [-0.4, -0.2) is 11.9 Å². The Kier molecular flexibility index (Phi) is 8.16. The van der Waals surface area contributed by atoms with Crippen LogP contribution in [0.2, 0.25) is 0 Å². The van der Waals surface area contributed by atoms with Crippen LogP contribution in [0.5, 0.6) is 5.75 Å². The monoisotopic (exact) mass is 298 g/mol. The topological polar surface area (TPSA) is 9.23 Å². The number of alkyl halides is 1. The molecular formula is C15H23BrO. The fourth-order valence-corrected chi connectivity index (χ4v) is 2.02. The van der Waals surface area contributed by atoms with Crippen molar-refractivity contribution in [2.45, 2.75) is 45.4 Å². The number of hydrogen-bond acceptors (Lipinski definition) is 1. The molecule has 1 aromatic rings. The van der Waals surface area contributed by atoms with Gasteiger partial charge in [0.1, 0.15) is 5.75 Å². The number of rotatable bonds is 9. The van der Waals surface area contributed by atoms with Crippen molar-refractivity contribution < 1.29 is 4.74 Å². The standard InChI is InChI=1S/C15H23BrO/c1-2-3-4-5-13-17-15-10-8-14(9-11-15)7-6-12-16/h8-11H,2-7,12-13H2,1H3. The molecule has 1 rings (SSSR count). The molecule has 0 atom stereocenters. The summed E-state index contributed by atoms with van der Waals surface area (Å²) in [7, 11) is 0. The van der Waals surface area contributed by atoms with Gasteiger partial charge >= 0.3 is 0 Å². The van der Waals surface area contributed by atoms with E-state index < -0.39 is 0 Å². The Balaban J connectivity index is 2.20. The molecule has 0 bridgehead atoms. The van der Waals surface area contributed by atoms with Crippen LogP contribution in [0.1, 0.15) is 44.6 Å². The molecule has 0 saturated heterocycles. The van der Waals surface area contributed by atoms with E-state index in [1.807, 2.05) is 0 Å². The van der Waals surface area contributed by atoms with Gasteiger partial charge in [-0.2, -0.15) is 0 Å². The van der Waals surface area contributed by atoms with Crippen molar-refractivity contribution in [3.05, 3.63) is 29.8 Å². The molecule has 0 aliphatic carbocycles. The maximum Gasteiger partial charge on any atom is 0.119 e. The number of aryl methyl sites for hydroxylation is 1. The maximum atomic E-state index is 5.70. The molecule has 96 valence electrons. The number of halogens is 1. The first kappa shape index (κ1) is 14.6. The van der Waals surface area contributed by atoms with E-state index in [-0.39, 0.29) is 0 Å². The van der Waals surface area contributed by atoms with Crippen molar-refractivity contribution in [1.29, 1.82) is 0 Å². The first-order chi connectivity index (χ1) is 8.36. The summed E-state index contributed by atoms with van der Waals surface area (Å²) in [5.74, 6) is 1.00. The molecule has 17 heavy (non-hydrogen) atoms. The number of ether oxygens (including phenoxy) is 1. The van der Waals surface area contributed by atoms with E-state index in [0.717, 1.165) is 24.1 Å². The molecule has 0 aromatic heterocycles. The van der Waals surface area contributed by atoms with Gasteiger partial charge in [0.05, 0.1) is 6.61 Å². The average molecular weight is 299 g/mol. The first-order valence-electron chi connectivity index (χ1n) is 6.64. The van der Waals surface area contributed by atoms with Crippen molar-refractivity contribution in [2.75, 3.05) is 11.9 Å². The highest BCUT2D eigenvalue weighted by Crippen LogP contribution is 2.14. The summed E-state index contributed by atoms with van der Waals surface area (Å²) in [5.41, 5.74) is 1.39. The van der Waals surface area contributed by atoms with Gasteiger partial charge in [-0.3, -0.25) is 0 Å². The molecule has 2 heteroatoms. The summed E-state index contributed by atoms with van der Waals surface area (Å²) < 4.78 is 5.70. The number of unbranched alkanes of at least 4 members (excludes halogenated alkanes) is 3. The number of benzene rings is 1. The van der Waals surface area contributed by atoms with Gasteiger partial charge in [0.2, 0.25) is 0 Å². The Morgan fingerprint density at radius 3 is 2.41 bits per heavy atom. The molecule has 0 fully saturated rings. The van der Waals surface area contributed by atoms with Crippen LogP contribution >= 0.6 is 15.9 Å². The number of hydrogen-bond donors (Lipinski definition) is 0. The zero-order valence-electron chi connectivity index (χ0n) is 10.8. The summed E-state index contributed by atoms with van der Waals surface area (Å²) in [6.45, 7) is 3.08. The van der Waals surface area contributed by atoms with E-state index in [0.29, 0.717) is 0 Å². The third-order valence-corrected chi connectivity index (χ3v) is 3.35. The molecule has 0 amide bonds. The Morgan fingerprint density at radius 2 is 1.76 bits per heavy atom. The summed E-state index contributed by atoms with van der Waals surface area (Å²) in [5, 5.41) is 1.07. The lowest BCUT2D eigenvalue weighted by molar-refractivity contribution is 0.305. The van der Waals surface area contributed by atoms with E-state index in [4.69, 9.17) is 4.74 Å². The van der Waals surface area contributed by atoms with Gasteiger partial charge in [-0.25, -0.2) is 0 Å². The minimum atomic E-state index is 0.848. The lowest BCUT2D eigenvalue weighted by Gasteiger charge is -2.06. The summed E-state index contributed by atoms with van der Waals surface area (Å²) in [4.78, 5) is 0. The van der Waals surface area contributed by atoms with Gasteiger partial charge < -0.3 is 4.74 Å². The molecule has 0 unspecified atom stereocenters. The largest absolute Gasteiger partial charge is 0.494 e. The maximum absolute atomic E-state index is 5.70. The molecule has 0 radical (unpaired) electrons. The van der Waals surface area contributed by atoms with E-state index in [1.165, 1.54) is 37.7 Å². The minimum Gasteiger partial charge on any atom is -0.494 e. The second-order valence-electron chi connectivity index (χ2n) is 4.35. The molecule has 0 heterocycles. The van der Waals surface area contributed by atoms with Gasteiger partial charge in [-0.15, -0.1) is 0 Å². The van der Waals surface area contributed by atoms with E-state index in [2.05, 4.69) is 47.1 Å². The van der Waals surface area contributed by atoms with Crippen molar-refractivity contribution in [1.82, 2.24) is 0 Å². The van der Waals surface area contributed by atoms with Crippen molar-refractivity contribution >= 4 is 15.9 Å². The van der Waals surface area contributed by atoms with Gasteiger partial charge in [0.15, 0.2) is 0 Å². The van der Waals surface area contributed by atoms with E-state index in [1.54, 1.807) is 0 Å². The quantitative estimate of drug-likeness (QED) is 0.462. The van der Waals surface area contributed by atoms with E-state index in [9.17, 15) is 0 Å². The van der Waals surface area contributed by atoms with Crippen LogP contribution in [0, 0.1) is 0 Å². The normalized spacial score (nSPS) is 10.5. The van der Waals surface area contributed by atoms with Crippen molar-refractivity contribution in [3.63, 3.8) is 0 Å². The van der Waals surface area contributed by atoms with E-state index >= 15 is 0 Å². The van der Waals surface area contributed by atoms with Gasteiger partial charge in [-0.1, -0.05) is 54.2 Å². The summed E-state index contributed by atoms with van der Waals surface area (Å²) in [6.07, 6.45) is 7.37. The van der Waals surface area contributed by atoms with Gasteiger partial charge in [0.25, 0.3) is 0 Å². The lowest BCUT2D eigenvalue weighted by Crippen LogP contribution is -1.97. The SMILES string of the molecule is CCCCCCOc1ccc(CCCBr)cc1. The third kappa shape index (κ3) is 6.72. The Morgan fingerprint density at radius 1 is 1.00 bits per heavy atom. The second kappa shape index (κ2) is 9.52. The third-order valence-electron chi connectivity index (χ3n) is 2.79. The zero-order valence-corrected chi connectivity index (χ0v) is 12.3. The first-order valence-corrected chi connectivity index (χ1v) is 7.76. The Hall–Kier alpha value is -0.500. The molecule has 0 saturated carbocycles. The molecular weight excluding hydrogens is 276 g/mol. The highest BCUT2D eigenvalue weighted by molar-refractivity contribution is 9.09.